The van der Waals surface area contributed by atoms with E-state index in [-0.39, 0.29) is 22.1 Å². The molecule has 2 aromatic heterocycles. The van der Waals surface area contributed by atoms with E-state index in [0.717, 1.165) is 25.7 Å². The summed E-state index contributed by atoms with van der Waals surface area (Å²) in [5, 5.41) is 6.31. The summed E-state index contributed by atoms with van der Waals surface area (Å²) >= 11 is 6.30. The molecule has 0 spiro atoms. The summed E-state index contributed by atoms with van der Waals surface area (Å²) in [4.78, 5) is 18.3. The van der Waals surface area contributed by atoms with Crippen molar-refractivity contribution in [3.8, 4) is 17.0 Å². The van der Waals surface area contributed by atoms with Gasteiger partial charge >= 0.3 is 6.18 Å². The number of benzene rings is 1. The third-order valence-electron chi connectivity index (χ3n) is 5.62. The highest BCUT2D eigenvalue weighted by Gasteiger charge is 2.36. The van der Waals surface area contributed by atoms with Crippen LogP contribution in [0, 0.1) is 0 Å². The van der Waals surface area contributed by atoms with E-state index in [1.807, 2.05) is 0 Å². The van der Waals surface area contributed by atoms with E-state index in [4.69, 9.17) is 21.1 Å². The largest absolute Gasteiger partial charge is 0.497 e. The molecule has 12 heteroatoms. The van der Waals surface area contributed by atoms with Crippen molar-refractivity contribution in [3.63, 3.8) is 0 Å². The number of hydrogen-bond acceptors (Lipinski definition) is 5. The first-order valence-electron chi connectivity index (χ1n) is 10.8. The molecule has 3 heterocycles. The molecule has 0 saturated carbocycles. The van der Waals surface area contributed by atoms with Crippen LogP contribution in [-0.2, 0) is 10.9 Å². The average molecular weight is 499 g/mol. The Labute approximate surface area is 198 Å². The Bertz CT molecular complexity index is 1160. The maximum Gasteiger partial charge on any atom is 0.433 e. The zero-order chi connectivity index (χ0) is 24.3. The zero-order valence-corrected chi connectivity index (χ0v) is 19.2. The van der Waals surface area contributed by atoms with Crippen LogP contribution in [0.25, 0.3) is 16.9 Å². The van der Waals surface area contributed by atoms with E-state index in [1.54, 1.807) is 24.3 Å². The molecule has 8 nitrogen and oxygen atoms in total. The number of alkyl halides is 3. The molecule has 1 saturated heterocycles. The highest BCUT2D eigenvalue weighted by molar-refractivity contribution is 6.36. The molecule has 2 N–H and O–H groups in total. The number of ether oxygens (including phenoxy) is 2. The maximum absolute atomic E-state index is 13.8. The Morgan fingerprint density at radius 2 is 1.97 bits per heavy atom. The Hall–Kier alpha value is -2.89. The first-order chi connectivity index (χ1) is 16.3. The predicted octanol–water partition coefficient (Wildman–Crippen LogP) is 2.11. The number of morpholine rings is 1. The van der Waals surface area contributed by atoms with E-state index in [0.29, 0.717) is 42.0 Å². The molecule has 1 amide bonds. The van der Waals surface area contributed by atoms with E-state index < -0.39 is 17.8 Å². The van der Waals surface area contributed by atoms with Gasteiger partial charge in [-0.25, -0.2) is 9.50 Å². The van der Waals surface area contributed by atoms with Crippen LogP contribution in [-0.4, -0.2) is 67.0 Å². The number of nitrogens with one attached hydrogen (secondary N) is 2. The van der Waals surface area contributed by atoms with Crippen molar-refractivity contribution in [1.82, 2.24) is 19.9 Å². The molecule has 182 valence electrons. The normalized spacial score (nSPS) is 15.0. The molecular formula is C22H24ClF3N5O3+. The van der Waals surface area contributed by atoms with E-state index in [9.17, 15) is 18.0 Å². The summed E-state index contributed by atoms with van der Waals surface area (Å²) < 4.78 is 52.5. The third kappa shape index (κ3) is 5.26. The van der Waals surface area contributed by atoms with Crippen LogP contribution in [0.4, 0.5) is 13.2 Å². The summed E-state index contributed by atoms with van der Waals surface area (Å²) in [5.74, 6) is -0.0935. The van der Waals surface area contributed by atoms with Gasteiger partial charge in [0.05, 0.1) is 32.6 Å². The number of amides is 1. The van der Waals surface area contributed by atoms with Crippen LogP contribution >= 0.6 is 11.6 Å². The van der Waals surface area contributed by atoms with Gasteiger partial charge in [0, 0.05) is 18.5 Å². The molecule has 0 bridgehead atoms. The molecule has 0 unspecified atom stereocenters. The topological polar surface area (TPSA) is 82.2 Å². The van der Waals surface area contributed by atoms with E-state index in [2.05, 4.69) is 15.4 Å². The van der Waals surface area contributed by atoms with Crippen molar-refractivity contribution in [1.29, 1.82) is 0 Å². The molecule has 0 atom stereocenters. The second-order valence-electron chi connectivity index (χ2n) is 7.87. The smallest absolute Gasteiger partial charge is 0.433 e. The zero-order valence-electron chi connectivity index (χ0n) is 18.4. The number of methoxy groups -OCH3 is 1. The van der Waals surface area contributed by atoms with Crippen molar-refractivity contribution < 1.29 is 32.3 Å². The fourth-order valence-electron chi connectivity index (χ4n) is 3.78. The molecule has 0 aliphatic carbocycles. The first-order valence-corrected chi connectivity index (χ1v) is 11.2. The van der Waals surface area contributed by atoms with Gasteiger partial charge in [0.15, 0.2) is 17.0 Å². The lowest BCUT2D eigenvalue weighted by molar-refractivity contribution is -0.908. The van der Waals surface area contributed by atoms with Gasteiger partial charge in [0.2, 0.25) is 0 Å². The van der Waals surface area contributed by atoms with E-state index in [1.165, 1.54) is 12.0 Å². The van der Waals surface area contributed by atoms with Crippen LogP contribution in [0.5, 0.6) is 5.75 Å². The quantitative estimate of drug-likeness (QED) is 0.488. The molecule has 0 radical (unpaired) electrons. The van der Waals surface area contributed by atoms with Gasteiger partial charge in [-0.2, -0.15) is 18.3 Å². The summed E-state index contributed by atoms with van der Waals surface area (Å²) in [5.41, 5.74) is -1.15. The lowest BCUT2D eigenvalue weighted by atomic mass is 10.1. The van der Waals surface area contributed by atoms with Gasteiger partial charge in [0.25, 0.3) is 5.91 Å². The highest BCUT2D eigenvalue weighted by Crippen LogP contribution is 2.34. The summed E-state index contributed by atoms with van der Waals surface area (Å²) in [6.45, 7) is 4.46. The second-order valence-corrected chi connectivity index (χ2v) is 8.25. The predicted molar refractivity (Wildman–Crippen MR) is 118 cm³/mol. The maximum atomic E-state index is 13.8. The summed E-state index contributed by atoms with van der Waals surface area (Å²) in [6.07, 6.45) is -4.04. The fourth-order valence-corrected chi connectivity index (χ4v) is 4.03. The summed E-state index contributed by atoms with van der Waals surface area (Å²) in [7, 11) is 1.49. The highest BCUT2D eigenvalue weighted by atomic mass is 35.5. The number of fused-ring (bicyclic) bond motifs is 1. The minimum atomic E-state index is -4.74. The van der Waals surface area contributed by atoms with Gasteiger partial charge in [0.1, 0.15) is 23.9 Å². The Balaban J connectivity index is 1.58. The van der Waals surface area contributed by atoms with Crippen molar-refractivity contribution in [2.24, 2.45) is 0 Å². The number of quaternary nitrogens is 1. The lowest BCUT2D eigenvalue weighted by Crippen LogP contribution is -3.14. The standard InChI is InChI=1S/C22H23ClF3N5O3/c1-33-15-5-3-14(4-6-15)16-13-17(22(24,25)26)31-20(28-16)18(23)19(29-31)21(32)27-7-2-8-30-9-11-34-12-10-30/h3-6,13H,2,7-12H2,1H3,(H,27,32)/p+1. The van der Waals surface area contributed by atoms with Gasteiger partial charge in [-0.1, -0.05) is 11.6 Å². The molecule has 3 aromatic rings. The molecular weight excluding hydrogens is 475 g/mol. The van der Waals surface area contributed by atoms with Crippen LogP contribution in [0.1, 0.15) is 22.6 Å². The lowest BCUT2D eigenvalue weighted by Gasteiger charge is -2.23. The van der Waals surface area contributed by atoms with Crippen LogP contribution in [0.15, 0.2) is 30.3 Å². The van der Waals surface area contributed by atoms with Gasteiger partial charge in [-0.3, -0.25) is 4.79 Å². The van der Waals surface area contributed by atoms with Crippen molar-refractivity contribution in [2.45, 2.75) is 12.6 Å². The Morgan fingerprint density at radius 3 is 2.62 bits per heavy atom. The minimum absolute atomic E-state index is 0.0460. The Morgan fingerprint density at radius 1 is 1.26 bits per heavy atom. The van der Waals surface area contributed by atoms with Crippen molar-refractivity contribution in [3.05, 3.63) is 46.7 Å². The number of hydrogen-bond donors (Lipinski definition) is 2. The molecule has 4 rings (SSSR count). The second kappa shape index (κ2) is 10.2. The van der Waals surface area contributed by atoms with Crippen molar-refractivity contribution >= 4 is 23.2 Å². The first kappa shape index (κ1) is 24.2. The third-order valence-corrected chi connectivity index (χ3v) is 5.96. The monoisotopic (exact) mass is 498 g/mol. The molecule has 1 aromatic carbocycles. The average Bonchev–Trinajstić information content (AvgIpc) is 3.17. The van der Waals surface area contributed by atoms with Gasteiger partial charge < -0.3 is 19.7 Å². The number of rotatable bonds is 7. The van der Waals surface area contributed by atoms with Crippen LogP contribution in [0.2, 0.25) is 5.02 Å². The van der Waals surface area contributed by atoms with E-state index >= 15 is 0 Å². The number of aromatic nitrogens is 3. The van der Waals surface area contributed by atoms with Crippen molar-refractivity contribution in [2.75, 3.05) is 46.5 Å². The Kier molecular flexibility index (Phi) is 7.24. The molecule has 1 fully saturated rings. The SMILES string of the molecule is COc1ccc(-c2cc(C(F)(F)F)n3nc(C(=O)NCCC[NH+]4CCOCC4)c(Cl)c3n2)cc1. The van der Waals surface area contributed by atoms with Gasteiger partial charge in [-0.15, -0.1) is 0 Å². The number of carbonyl (C=O) groups excluding carboxylic acids is 1. The molecule has 1 aliphatic heterocycles. The minimum Gasteiger partial charge on any atom is -0.497 e. The number of halogens is 4. The fraction of sp³-hybridized carbons (Fsp3) is 0.409. The van der Waals surface area contributed by atoms with Crippen LogP contribution in [0.3, 0.4) is 0 Å². The summed E-state index contributed by atoms with van der Waals surface area (Å²) in [6, 6.07) is 7.29. The number of nitrogens with zero attached hydrogens (tertiary/aromatic N) is 3. The molecule has 1 aliphatic rings. The van der Waals surface area contributed by atoms with Crippen LogP contribution < -0.4 is 15.0 Å². The molecule has 34 heavy (non-hydrogen) atoms. The number of carbonyl (C=O) groups is 1. The van der Waals surface area contributed by atoms with Gasteiger partial charge in [-0.05, 0) is 30.3 Å².